The van der Waals surface area contributed by atoms with Gasteiger partial charge in [-0.2, -0.15) is 0 Å². The third-order valence-corrected chi connectivity index (χ3v) is 4.40. The van der Waals surface area contributed by atoms with Gasteiger partial charge in [-0.15, -0.1) is 11.3 Å². The second kappa shape index (κ2) is 5.55. The third-order valence-electron chi connectivity index (χ3n) is 3.64. The molecule has 6 nitrogen and oxygen atoms in total. The lowest BCUT2D eigenvalue weighted by Gasteiger charge is -2.34. The minimum absolute atomic E-state index is 0.0749. The van der Waals surface area contributed by atoms with Gasteiger partial charge in [0, 0.05) is 31.2 Å². The summed E-state index contributed by atoms with van der Waals surface area (Å²) in [6.45, 7) is 9.70. The van der Waals surface area contributed by atoms with Crippen LogP contribution in [0.1, 0.15) is 38.2 Å². The number of nitrogens with one attached hydrogen (secondary N) is 1. The molecule has 1 saturated heterocycles. The maximum atomic E-state index is 12.3. The van der Waals surface area contributed by atoms with Gasteiger partial charge in [0.15, 0.2) is 4.96 Å². The van der Waals surface area contributed by atoms with E-state index in [2.05, 4.69) is 14.7 Å². The molecule has 0 aliphatic carbocycles. The normalized spacial score (nSPS) is 19.6. The first-order chi connectivity index (χ1) is 10.3. The molecule has 0 saturated carbocycles. The number of aromatic nitrogens is 2. The number of hydrogen-bond acceptors (Lipinski definition) is 5. The van der Waals surface area contributed by atoms with E-state index < -0.39 is 5.60 Å². The molecule has 2 aromatic heterocycles. The van der Waals surface area contributed by atoms with E-state index in [4.69, 9.17) is 4.74 Å². The first kappa shape index (κ1) is 15.3. The highest BCUT2D eigenvalue weighted by atomic mass is 32.1. The monoisotopic (exact) mass is 322 g/mol. The maximum absolute atomic E-state index is 12.3. The summed E-state index contributed by atoms with van der Waals surface area (Å²) >= 11 is 1.62. The van der Waals surface area contributed by atoms with Crippen LogP contribution in [0, 0.1) is 6.92 Å². The number of amides is 1. The number of hydrogen-bond donors (Lipinski definition) is 1. The molecule has 2 aromatic rings. The van der Waals surface area contributed by atoms with E-state index in [0.717, 1.165) is 22.9 Å². The van der Waals surface area contributed by atoms with Gasteiger partial charge >= 0.3 is 6.09 Å². The Balaban J connectivity index is 1.80. The van der Waals surface area contributed by atoms with Gasteiger partial charge in [-0.3, -0.25) is 4.40 Å². The van der Waals surface area contributed by atoms with Crippen molar-refractivity contribution in [3.63, 3.8) is 0 Å². The highest BCUT2D eigenvalue weighted by Gasteiger charge is 2.30. The smallest absolute Gasteiger partial charge is 0.410 e. The summed E-state index contributed by atoms with van der Waals surface area (Å²) in [7, 11) is 0. The number of carbonyl (C=O) groups is 1. The second-order valence-corrected chi connectivity index (χ2v) is 7.44. The molecule has 120 valence electrons. The highest BCUT2D eigenvalue weighted by Crippen LogP contribution is 2.25. The second-order valence-electron chi connectivity index (χ2n) is 6.57. The zero-order valence-corrected chi connectivity index (χ0v) is 14.2. The molecule has 1 amide bonds. The fourth-order valence-corrected chi connectivity index (χ4v) is 3.52. The van der Waals surface area contributed by atoms with Crippen molar-refractivity contribution in [3.05, 3.63) is 23.0 Å². The summed E-state index contributed by atoms with van der Waals surface area (Å²) in [6, 6.07) is 0.0749. The Bertz CT molecular complexity index is 685. The zero-order chi connectivity index (χ0) is 15.9. The summed E-state index contributed by atoms with van der Waals surface area (Å²) in [5.74, 6) is 0. The summed E-state index contributed by atoms with van der Waals surface area (Å²) < 4.78 is 7.59. The van der Waals surface area contributed by atoms with Crippen molar-refractivity contribution >= 4 is 22.4 Å². The Kier molecular flexibility index (Phi) is 3.86. The SMILES string of the molecule is Cc1nc2sccn2c1C1CN(C(=O)OC(C)(C)C)CCN1. The standard InChI is InChI=1S/C15H22N4O2S/c1-10-12(19-7-8-22-13(19)17-10)11-9-18(6-5-16-11)14(20)21-15(2,3)4/h7-8,11,16H,5-6,9H2,1-4H3. The number of imidazole rings is 1. The van der Waals surface area contributed by atoms with Gasteiger partial charge in [0.1, 0.15) is 5.60 Å². The number of piperazine rings is 1. The average Bonchev–Trinajstić information content (AvgIpc) is 2.96. The van der Waals surface area contributed by atoms with Crippen molar-refractivity contribution in [2.24, 2.45) is 0 Å². The Labute approximate surface area is 134 Å². The molecule has 1 unspecified atom stereocenters. The van der Waals surface area contributed by atoms with Crippen LogP contribution >= 0.6 is 11.3 Å². The molecule has 7 heteroatoms. The first-order valence-electron chi connectivity index (χ1n) is 7.48. The van der Waals surface area contributed by atoms with Crippen LogP contribution in [0.25, 0.3) is 4.96 Å². The molecule has 1 aliphatic rings. The van der Waals surface area contributed by atoms with Crippen LogP contribution in [0.15, 0.2) is 11.6 Å². The van der Waals surface area contributed by atoms with E-state index in [9.17, 15) is 4.79 Å². The average molecular weight is 322 g/mol. The summed E-state index contributed by atoms with van der Waals surface area (Å²) in [5, 5.41) is 5.51. The molecule has 0 radical (unpaired) electrons. The van der Waals surface area contributed by atoms with E-state index in [1.807, 2.05) is 39.3 Å². The van der Waals surface area contributed by atoms with Crippen molar-refractivity contribution in [3.8, 4) is 0 Å². The fourth-order valence-electron chi connectivity index (χ4n) is 2.76. The molecule has 0 spiro atoms. The van der Waals surface area contributed by atoms with Gasteiger partial charge in [-0.25, -0.2) is 9.78 Å². The fraction of sp³-hybridized carbons (Fsp3) is 0.600. The number of thiazole rings is 1. The molecule has 1 fully saturated rings. The number of carbonyl (C=O) groups excluding carboxylic acids is 1. The van der Waals surface area contributed by atoms with Crippen LogP contribution in [-0.2, 0) is 4.74 Å². The molecule has 3 heterocycles. The lowest BCUT2D eigenvalue weighted by Crippen LogP contribution is -2.50. The van der Waals surface area contributed by atoms with E-state index >= 15 is 0 Å². The molecule has 1 atom stereocenters. The van der Waals surface area contributed by atoms with Gasteiger partial charge in [-0.1, -0.05) is 0 Å². The predicted octanol–water partition coefficient (Wildman–Crippen LogP) is 2.59. The van der Waals surface area contributed by atoms with E-state index in [1.165, 1.54) is 0 Å². The zero-order valence-electron chi connectivity index (χ0n) is 13.4. The molecule has 0 bridgehead atoms. The molecule has 1 N–H and O–H groups in total. The van der Waals surface area contributed by atoms with Crippen LogP contribution < -0.4 is 5.32 Å². The van der Waals surface area contributed by atoms with Gasteiger partial charge < -0.3 is 15.0 Å². The Morgan fingerprint density at radius 3 is 3.00 bits per heavy atom. The molecule has 0 aromatic carbocycles. The summed E-state index contributed by atoms with van der Waals surface area (Å²) in [5.41, 5.74) is 1.67. The third kappa shape index (κ3) is 2.96. The van der Waals surface area contributed by atoms with E-state index in [1.54, 1.807) is 16.2 Å². The molecule has 1 aliphatic heterocycles. The van der Waals surface area contributed by atoms with Gasteiger partial charge in [-0.05, 0) is 27.7 Å². The summed E-state index contributed by atoms with van der Waals surface area (Å²) in [6.07, 6.45) is 1.78. The topological polar surface area (TPSA) is 58.9 Å². The van der Waals surface area contributed by atoms with Crippen LogP contribution in [0.5, 0.6) is 0 Å². The Morgan fingerprint density at radius 1 is 1.50 bits per heavy atom. The van der Waals surface area contributed by atoms with E-state index in [0.29, 0.717) is 13.1 Å². The Morgan fingerprint density at radius 2 is 2.27 bits per heavy atom. The number of nitrogens with zero attached hydrogens (tertiary/aromatic N) is 3. The number of rotatable bonds is 1. The predicted molar refractivity (Wildman–Crippen MR) is 86.4 cm³/mol. The molecular formula is C15H22N4O2S. The minimum atomic E-state index is -0.468. The first-order valence-corrected chi connectivity index (χ1v) is 8.36. The van der Waals surface area contributed by atoms with Crippen LogP contribution in [0.4, 0.5) is 4.79 Å². The minimum Gasteiger partial charge on any atom is -0.444 e. The van der Waals surface area contributed by atoms with Crippen molar-refractivity contribution in [1.29, 1.82) is 0 Å². The van der Waals surface area contributed by atoms with Crippen molar-refractivity contribution < 1.29 is 9.53 Å². The quantitative estimate of drug-likeness (QED) is 0.877. The van der Waals surface area contributed by atoms with Gasteiger partial charge in [0.25, 0.3) is 0 Å². The van der Waals surface area contributed by atoms with Crippen molar-refractivity contribution in [1.82, 2.24) is 19.6 Å². The van der Waals surface area contributed by atoms with Crippen molar-refractivity contribution in [2.75, 3.05) is 19.6 Å². The van der Waals surface area contributed by atoms with Crippen LogP contribution in [0.2, 0.25) is 0 Å². The molecular weight excluding hydrogens is 300 g/mol. The van der Waals surface area contributed by atoms with Crippen LogP contribution in [-0.4, -0.2) is 45.6 Å². The lowest BCUT2D eigenvalue weighted by atomic mass is 10.1. The largest absolute Gasteiger partial charge is 0.444 e. The van der Waals surface area contributed by atoms with Gasteiger partial charge in [0.05, 0.1) is 17.4 Å². The number of fused-ring (bicyclic) bond motifs is 1. The number of ether oxygens (including phenoxy) is 1. The number of aryl methyl sites for hydroxylation is 1. The van der Waals surface area contributed by atoms with Gasteiger partial charge in [0.2, 0.25) is 0 Å². The summed E-state index contributed by atoms with van der Waals surface area (Å²) in [4.78, 5) is 19.6. The molecule has 22 heavy (non-hydrogen) atoms. The maximum Gasteiger partial charge on any atom is 0.410 e. The van der Waals surface area contributed by atoms with Crippen LogP contribution in [0.3, 0.4) is 0 Å². The Hall–Kier alpha value is -1.60. The van der Waals surface area contributed by atoms with E-state index in [-0.39, 0.29) is 12.1 Å². The highest BCUT2D eigenvalue weighted by molar-refractivity contribution is 7.15. The lowest BCUT2D eigenvalue weighted by molar-refractivity contribution is 0.0193. The van der Waals surface area contributed by atoms with Crippen molar-refractivity contribution in [2.45, 2.75) is 39.3 Å². The molecule has 3 rings (SSSR count).